The maximum Gasteiger partial charge on any atom is 0.144 e. The van der Waals surface area contributed by atoms with E-state index in [1.807, 2.05) is 96.4 Å². The summed E-state index contributed by atoms with van der Waals surface area (Å²) < 4.78 is 3.96. The van der Waals surface area contributed by atoms with Gasteiger partial charge in [-0.2, -0.15) is 0 Å². The van der Waals surface area contributed by atoms with Crippen LogP contribution in [0.2, 0.25) is 0 Å². The molecule has 0 unspecified atom stereocenters. The van der Waals surface area contributed by atoms with Crippen molar-refractivity contribution in [2.45, 2.75) is 0 Å². The van der Waals surface area contributed by atoms with Gasteiger partial charge in [0.05, 0.1) is 56.8 Å². The molecule has 0 aliphatic carbocycles. The molecule has 0 N–H and O–H groups in total. The number of nitrogens with zero attached hydrogens (tertiary/aromatic N) is 8. The summed E-state index contributed by atoms with van der Waals surface area (Å²) in [5.74, 6) is 1.62. The first-order valence-electron chi connectivity index (χ1n) is 11.6. The minimum Gasteiger partial charge on any atom is -0.334 e. The van der Waals surface area contributed by atoms with E-state index in [4.69, 9.17) is 20.0 Å². The molecular formula is C28H20N8. The molecule has 5 aliphatic rings. The maximum atomic E-state index is 4.91. The smallest absolute Gasteiger partial charge is 0.144 e. The van der Waals surface area contributed by atoms with Crippen molar-refractivity contribution in [2.75, 3.05) is 0 Å². The minimum absolute atomic E-state index is 0.808. The van der Waals surface area contributed by atoms with Gasteiger partial charge in [0.15, 0.2) is 0 Å². The van der Waals surface area contributed by atoms with Crippen molar-refractivity contribution >= 4 is 34.0 Å². The van der Waals surface area contributed by atoms with Gasteiger partial charge >= 0.3 is 0 Å². The first-order chi connectivity index (χ1) is 17.6. The van der Waals surface area contributed by atoms with Gasteiger partial charge in [0, 0.05) is 38.9 Å². The molecule has 8 nitrogen and oxygen atoms in total. The van der Waals surface area contributed by atoms with Gasteiger partial charge in [0.25, 0.3) is 0 Å². The third kappa shape index (κ3) is 3.31. The molecule has 2 aromatic heterocycles. The Bertz CT molecular complexity index is 1600. The Hall–Kier alpha value is -4.98. The zero-order valence-electron chi connectivity index (χ0n) is 19.7. The molecule has 0 saturated carbocycles. The van der Waals surface area contributed by atoms with E-state index in [0.29, 0.717) is 0 Å². The first-order valence-corrected chi connectivity index (χ1v) is 11.6. The summed E-state index contributed by atoms with van der Waals surface area (Å²) >= 11 is 0. The lowest BCUT2D eigenvalue weighted by Crippen LogP contribution is -2.06. The van der Waals surface area contributed by atoms with Crippen LogP contribution in [-0.4, -0.2) is 41.9 Å². The fourth-order valence-corrected chi connectivity index (χ4v) is 4.63. The SMILES string of the molecule is Cn1ccnc1C1=C2C=CC(=N2)C=C2C=CC(=N2)C(c2nccn2C)=C2C=CC(=N2)C=C2C=CC1=N2. The standard InChI is InChI=1S/C28H20N8/c1-35-13-11-29-27(35)25-21-7-3-17(31-21)15-19-5-9-23(33-19)26(28-30-12-14-36(28)2)24-10-6-20(34-24)16-18-4-8-22(25)32-18/h3-16H,1-2H3. The topological polar surface area (TPSA) is 85.1 Å². The molecule has 0 atom stereocenters. The molecule has 0 saturated heterocycles. The van der Waals surface area contributed by atoms with Crippen LogP contribution in [0.25, 0.3) is 11.1 Å². The normalized spacial score (nSPS) is 19.7. The summed E-state index contributed by atoms with van der Waals surface area (Å²) in [5, 5.41) is 0. The third-order valence-corrected chi connectivity index (χ3v) is 6.35. The molecule has 0 fully saturated rings. The number of rotatable bonds is 2. The number of aryl methyl sites for hydroxylation is 2. The highest BCUT2D eigenvalue weighted by molar-refractivity contribution is 6.33. The van der Waals surface area contributed by atoms with Gasteiger partial charge in [-0.3, -0.25) is 0 Å². The van der Waals surface area contributed by atoms with Crippen molar-refractivity contribution in [1.29, 1.82) is 0 Å². The van der Waals surface area contributed by atoms with Crippen LogP contribution in [0.3, 0.4) is 0 Å². The summed E-state index contributed by atoms with van der Waals surface area (Å²) in [5.41, 5.74) is 8.29. The predicted molar refractivity (Wildman–Crippen MR) is 143 cm³/mol. The van der Waals surface area contributed by atoms with Crippen LogP contribution in [0.15, 0.2) is 128 Å². The summed E-state index contributed by atoms with van der Waals surface area (Å²) in [7, 11) is 3.95. The number of hydrogen-bond acceptors (Lipinski definition) is 6. The Morgan fingerprint density at radius 2 is 1.00 bits per heavy atom. The van der Waals surface area contributed by atoms with Crippen molar-refractivity contribution in [1.82, 2.24) is 19.1 Å². The van der Waals surface area contributed by atoms with Crippen molar-refractivity contribution in [3.05, 3.63) is 120 Å². The fourth-order valence-electron chi connectivity index (χ4n) is 4.63. The zero-order chi connectivity index (χ0) is 24.2. The fraction of sp³-hybridized carbons (Fsp3) is 0.0714. The number of aromatic nitrogens is 4. The van der Waals surface area contributed by atoms with E-state index in [2.05, 4.69) is 9.97 Å². The molecule has 0 radical (unpaired) electrons. The van der Waals surface area contributed by atoms with Crippen molar-refractivity contribution in [2.24, 2.45) is 34.1 Å². The quantitative estimate of drug-likeness (QED) is 0.665. The first kappa shape index (κ1) is 20.4. The van der Waals surface area contributed by atoms with Crippen LogP contribution in [0.5, 0.6) is 0 Å². The van der Waals surface area contributed by atoms with Crippen molar-refractivity contribution < 1.29 is 0 Å². The molecule has 5 aliphatic heterocycles. The highest BCUT2D eigenvalue weighted by atomic mass is 15.1. The van der Waals surface area contributed by atoms with E-state index in [1.165, 1.54) is 0 Å². The van der Waals surface area contributed by atoms with Crippen LogP contribution >= 0.6 is 0 Å². The van der Waals surface area contributed by atoms with Gasteiger partial charge in [-0.15, -0.1) is 0 Å². The summed E-state index contributed by atoms with van der Waals surface area (Å²) in [4.78, 5) is 28.8. The molecule has 8 heteroatoms. The minimum atomic E-state index is 0.808. The Morgan fingerprint density at radius 1 is 0.528 bits per heavy atom. The van der Waals surface area contributed by atoms with Crippen molar-refractivity contribution in [3.63, 3.8) is 0 Å². The van der Waals surface area contributed by atoms with E-state index in [1.54, 1.807) is 12.4 Å². The van der Waals surface area contributed by atoms with E-state index in [-0.39, 0.29) is 0 Å². The predicted octanol–water partition coefficient (Wildman–Crippen LogP) is 4.10. The number of allylic oxidation sites excluding steroid dienone is 12. The highest BCUT2D eigenvalue weighted by Crippen LogP contribution is 2.31. The number of imidazole rings is 2. The van der Waals surface area contributed by atoms with Gasteiger partial charge in [0.1, 0.15) is 11.6 Å². The third-order valence-electron chi connectivity index (χ3n) is 6.35. The lowest BCUT2D eigenvalue weighted by molar-refractivity contribution is 0.892. The Labute approximate surface area is 207 Å². The molecule has 0 aromatic carbocycles. The molecule has 2 aromatic rings. The molecule has 7 rings (SSSR count). The number of aliphatic imine (C=N–C) groups is 4. The van der Waals surface area contributed by atoms with Crippen LogP contribution in [-0.2, 0) is 14.1 Å². The number of fused-ring (bicyclic) bond motifs is 4. The van der Waals surface area contributed by atoms with E-state index in [0.717, 1.165) is 68.4 Å². The molecule has 7 heterocycles. The van der Waals surface area contributed by atoms with Crippen LogP contribution in [0.1, 0.15) is 11.6 Å². The second-order valence-electron chi connectivity index (χ2n) is 8.78. The molecule has 0 amide bonds. The van der Waals surface area contributed by atoms with E-state index < -0.39 is 0 Å². The number of hydrogen-bond donors (Lipinski definition) is 0. The van der Waals surface area contributed by atoms with Gasteiger partial charge in [0.2, 0.25) is 0 Å². The van der Waals surface area contributed by atoms with Gasteiger partial charge in [-0.05, 0) is 60.8 Å². The van der Waals surface area contributed by atoms with Crippen LogP contribution in [0.4, 0.5) is 0 Å². The second-order valence-corrected chi connectivity index (χ2v) is 8.78. The largest absolute Gasteiger partial charge is 0.334 e. The molecule has 8 bridgehead atoms. The lowest BCUT2D eigenvalue weighted by Gasteiger charge is -2.08. The Kier molecular flexibility index (Phi) is 4.41. The van der Waals surface area contributed by atoms with Gasteiger partial charge in [-0.25, -0.2) is 29.9 Å². The molecule has 172 valence electrons. The van der Waals surface area contributed by atoms with Gasteiger partial charge < -0.3 is 9.13 Å². The van der Waals surface area contributed by atoms with E-state index >= 15 is 0 Å². The molecule has 0 spiro atoms. The lowest BCUT2D eigenvalue weighted by atomic mass is 10.1. The van der Waals surface area contributed by atoms with Crippen molar-refractivity contribution in [3.8, 4) is 0 Å². The summed E-state index contributed by atoms with van der Waals surface area (Å²) in [6.07, 6.45) is 27.4. The molecular weight excluding hydrogens is 448 g/mol. The summed E-state index contributed by atoms with van der Waals surface area (Å²) in [6.45, 7) is 0. The average Bonchev–Trinajstić information content (AvgIpc) is 3.68. The van der Waals surface area contributed by atoms with Crippen LogP contribution < -0.4 is 0 Å². The maximum absolute atomic E-state index is 4.91. The monoisotopic (exact) mass is 468 g/mol. The Balaban J connectivity index is 1.46. The molecule has 36 heavy (non-hydrogen) atoms. The second kappa shape index (κ2) is 7.78. The Morgan fingerprint density at radius 3 is 1.42 bits per heavy atom. The summed E-state index contributed by atoms with van der Waals surface area (Å²) in [6, 6.07) is 0. The van der Waals surface area contributed by atoms with Crippen LogP contribution in [0, 0.1) is 0 Å². The zero-order valence-corrected chi connectivity index (χ0v) is 19.7. The average molecular weight is 469 g/mol. The van der Waals surface area contributed by atoms with Gasteiger partial charge in [-0.1, -0.05) is 0 Å². The van der Waals surface area contributed by atoms with E-state index in [9.17, 15) is 0 Å². The highest BCUT2D eigenvalue weighted by Gasteiger charge is 2.24.